The summed E-state index contributed by atoms with van der Waals surface area (Å²) in [4.78, 5) is 11.8. The molecule has 0 amide bonds. The molecule has 6 heteroatoms. The average Bonchev–Trinajstić information content (AvgIpc) is 2.71. The topological polar surface area (TPSA) is 41.6 Å². The molecule has 3 rings (SSSR count). The van der Waals surface area contributed by atoms with E-state index in [0.29, 0.717) is 17.1 Å². The number of hydrogen-bond acceptors (Lipinski definition) is 2. The molecule has 0 saturated carbocycles. The van der Waals surface area contributed by atoms with Gasteiger partial charge >= 0.3 is 0 Å². The van der Waals surface area contributed by atoms with Crippen LogP contribution < -0.4 is 0 Å². The Bertz CT molecular complexity index is 716. The van der Waals surface area contributed by atoms with Crippen LogP contribution >= 0.6 is 39.1 Å². The zero-order chi connectivity index (χ0) is 13.4. The number of halogens is 3. The Morgan fingerprint density at radius 1 is 1.16 bits per heavy atom. The van der Waals surface area contributed by atoms with E-state index >= 15 is 0 Å². The summed E-state index contributed by atoms with van der Waals surface area (Å²) >= 11 is 15.3. The van der Waals surface area contributed by atoms with Crippen LogP contribution in [0.3, 0.4) is 0 Å². The second-order valence-electron chi connectivity index (χ2n) is 4.12. The molecule has 2 aromatic heterocycles. The zero-order valence-electron chi connectivity index (χ0n) is 9.62. The van der Waals surface area contributed by atoms with Gasteiger partial charge in [0.25, 0.3) is 0 Å². The lowest BCUT2D eigenvalue weighted by atomic mass is 10.1. The van der Waals surface area contributed by atoms with E-state index in [1.165, 1.54) is 0 Å². The number of fused-ring (bicyclic) bond motifs is 1. The zero-order valence-corrected chi connectivity index (χ0v) is 12.7. The van der Waals surface area contributed by atoms with E-state index in [9.17, 15) is 0 Å². The van der Waals surface area contributed by atoms with Crippen molar-refractivity contribution in [1.29, 1.82) is 0 Å². The van der Waals surface area contributed by atoms with Gasteiger partial charge in [-0.05, 0) is 23.8 Å². The third-order valence-corrected chi connectivity index (χ3v) is 3.86. The normalized spacial score (nSPS) is 11.1. The van der Waals surface area contributed by atoms with Crippen LogP contribution in [0.5, 0.6) is 0 Å². The third kappa shape index (κ3) is 2.76. The van der Waals surface area contributed by atoms with Gasteiger partial charge in [-0.15, -0.1) is 0 Å². The molecule has 0 aliphatic heterocycles. The summed E-state index contributed by atoms with van der Waals surface area (Å²) in [6.07, 6.45) is 0.699. The fraction of sp³-hybridized carbons (Fsp3) is 0.0769. The van der Waals surface area contributed by atoms with Crippen LogP contribution in [0, 0.1) is 0 Å². The number of hydrogen-bond donors (Lipinski definition) is 1. The summed E-state index contributed by atoms with van der Waals surface area (Å²) in [7, 11) is 0. The molecule has 1 N–H and O–H groups in total. The van der Waals surface area contributed by atoms with Gasteiger partial charge in [0, 0.05) is 10.9 Å². The molecule has 0 atom stereocenters. The van der Waals surface area contributed by atoms with Gasteiger partial charge in [0.15, 0.2) is 5.65 Å². The van der Waals surface area contributed by atoms with Crippen LogP contribution in [-0.2, 0) is 6.42 Å². The maximum Gasteiger partial charge on any atom is 0.179 e. The Labute approximate surface area is 128 Å². The van der Waals surface area contributed by atoms with Crippen molar-refractivity contribution in [2.45, 2.75) is 6.42 Å². The monoisotopic (exact) mass is 355 g/mol. The lowest BCUT2D eigenvalue weighted by Gasteiger charge is -1.98. The summed E-state index contributed by atoms with van der Waals surface area (Å²) in [5.41, 5.74) is 2.53. The quantitative estimate of drug-likeness (QED) is 0.681. The van der Waals surface area contributed by atoms with Gasteiger partial charge < -0.3 is 4.98 Å². The Morgan fingerprint density at radius 3 is 2.79 bits per heavy atom. The second kappa shape index (κ2) is 5.12. The molecule has 3 nitrogen and oxygen atoms in total. The van der Waals surface area contributed by atoms with Crippen molar-refractivity contribution in [1.82, 2.24) is 15.0 Å². The predicted molar refractivity (Wildman–Crippen MR) is 80.9 cm³/mol. The molecule has 3 aromatic rings. The Kier molecular flexibility index (Phi) is 3.48. The van der Waals surface area contributed by atoms with Crippen molar-refractivity contribution in [3.63, 3.8) is 0 Å². The largest absolute Gasteiger partial charge is 0.340 e. The molecular formula is C13H8BrCl2N3. The molecule has 0 saturated heterocycles. The van der Waals surface area contributed by atoms with Gasteiger partial charge in [0.2, 0.25) is 0 Å². The number of aromatic amines is 1. The molecule has 0 bridgehead atoms. The molecule has 0 radical (unpaired) electrons. The number of nitrogens with one attached hydrogen (secondary N) is 1. The molecule has 0 spiro atoms. The van der Waals surface area contributed by atoms with E-state index in [-0.39, 0.29) is 5.15 Å². The van der Waals surface area contributed by atoms with E-state index in [1.807, 2.05) is 18.2 Å². The van der Waals surface area contributed by atoms with Crippen LogP contribution in [-0.4, -0.2) is 15.0 Å². The number of pyridine rings is 1. The number of nitrogens with zero attached hydrogens (tertiary/aromatic N) is 2. The highest BCUT2D eigenvalue weighted by Gasteiger charge is 2.08. The van der Waals surface area contributed by atoms with Crippen molar-refractivity contribution < 1.29 is 0 Å². The third-order valence-electron chi connectivity index (χ3n) is 2.69. The average molecular weight is 357 g/mol. The van der Waals surface area contributed by atoms with E-state index in [0.717, 1.165) is 21.4 Å². The number of imidazole rings is 1. The lowest BCUT2D eigenvalue weighted by Crippen LogP contribution is -1.90. The molecular weight excluding hydrogens is 349 g/mol. The van der Waals surface area contributed by atoms with Crippen molar-refractivity contribution in [2.75, 3.05) is 0 Å². The molecule has 19 heavy (non-hydrogen) atoms. The number of rotatable bonds is 2. The van der Waals surface area contributed by atoms with Crippen molar-refractivity contribution in [2.24, 2.45) is 0 Å². The highest BCUT2D eigenvalue weighted by atomic mass is 79.9. The van der Waals surface area contributed by atoms with Gasteiger partial charge in [0.1, 0.15) is 11.0 Å². The maximum atomic E-state index is 5.93. The Hall–Kier alpha value is -1.10. The first-order valence-electron chi connectivity index (χ1n) is 5.57. The molecule has 2 heterocycles. The molecule has 0 unspecified atom stereocenters. The van der Waals surface area contributed by atoms with E-state index in [1.54, 1.807) is 6.07 Å². The van der Waals surface area contributed by atoms with Gasteiger partial charge in [-0.1, -0.05) is 51.3 Å². The predicted octanol–water partition coefficient (Wildman–Crippen LogP) is 4.62. The first-order valence-corrected chi connectivity index (χ1v) is 7.12. The highest BCUT2D eigenvalue weighted by Crippen LogP contribution is 2.24. The Morgan fingerprint density at radius 2 is 2.00 bits per heavy atom. The van der Waals surface area contributed by atoms with Gasteiger partial charge in [-0.2, -0.15) is 0 Å². The van der Waals surface area contributed by atoms with E-state index < -0.39 is 0 Å². The van der Waals surface area contributed by atoms with Crippen molar-refractivity contribution in [3.8, 4) is 0 Å². The molecule has 1 aromatic carbocycles. The summed E-state index contributed by atoms with van der Waals surface area (Å²) in [5.74, 6) is 0.832. The van der Waals surface area contributed by atoms with Gasteiger partial charge in [-0.3, -0.25) is 0 Å². The molecule has 96 valence electrons. The van der Waals surface area contributed by atoms with E-state index in [4.69, 9.17) is 23.2 Å². The smallest absolute Gasteiger partial charge is 0.179 e. The molecule has 0 fully saturated rings. The number of benzene rings is 1. The first kappa shape index (κ1) is 12.9. The SMILES string of the molecule is Clc1cc2[nH]c(Cc3cccc(Br)c3)nc2nc1Cl. The molecule has 0 aliphatic carbocycles. The van der Waals surface area contributed by atoms with Crippen LogP contribution in [0.15, 0.2) is 34.8 Å². The van der Waals surface area contributed by atoms with Crippen LogP contribution in [0.2, 0.25) is 10.2 Å². The molecule has 0 aliphatic rings. The second-order valence-corrected chi connectivity index (χ2v) is 5.80. The fourth-order valence-electron chi connectivity index (χ4n) is 1.87. The number of aromatic nitrogens is 3. The van der Waals surface area contributed by atoms with Gasteiger partial charge in [-0.25, -0.2) is 9.97 Å². The van der Waals surface area contributed by atoms with Gasteiger partial charge in [0.05, 0.1) is 10.5 Å². The van der Waals surface area contributed by atoms with Crippen molar-refractivity contribution in [3.05, 3.63) is 56.4 Å². The highest BCUT2D eigenvalue weighted by molar-refractivity contribution is 9.10. The van der Waals surface area contributed by atoms with Crippen LogP contribution in [0.4, 0.5) is 0 Å². The summed E-state index contributed by atoms with van der Waals surface area (Å²) < 4.78 is 1.05. The van der Waals surface area contributed by atoms with Crippen LogP contribution in [0.25, 0.3) is 11.2 Å². The summed E-state index contributed by atoms with van der Waals surface area (Å²) in [6.45, 7) is 0. The van der Waals surface area contributed by atoms with E-state index in [2.05, 4.69) is 36.9 Å². The fourth-order valence-corrected chi connectivity index (χ4v) is 2.60. The standard InChI is InChI=1S/C13H8BrCl2N3/c14-8-3-1-2-7(4-8)5-11-17-10-6-9(15)12(16)19-13(10)18-11/h1-4,6H,5H2,(H,17,18,19). The maximum absolute atomic E-state index is 5.93. The summed E-state index contributed by atoms with van der Waals surface area (Å²) in [5, 5.41) is 0.696. The summed E-state index contributed by atoms with van der Waals surface area (Å²) in [6, 6.07) is 9.83. The minimum absolute atomic E-state index is 0.273. The first-order chi connectivity index (χ1) is 9.11. The Balaban J connectivity index is 1.97. The number of H-pyrrole nitrogens is 1. The lowest BCUT2D eigenvalue weighted by molar-refractivity contribution is 1.03. The minimum Gasteiger partial charge on any atom is -0.340 e. The van der Waals surface area contributed by atoms with Crippen molar-refractivity contribution >= 4 is 50.3 Å². The minimum atomic E-state index is 0.273. The van der Waals surface area contributed by atoms with Crippen LogP contribution in [0.1, 0.15) is 11.4 Å².